The molecule has 24 heavy (non-hydrogen) atoms. The van der Waals surface area contributed by atoms with Gasteiger partial charge in [0, 0.05) is 25.6 Å². The molecule has 3 atom stereocenters. The fourth-order valence-corrected chi connectivity index (χ4v) is 4.07. The Kier molecular flexibility index (Phi) is 4.02. The number of carbonyl (C=O) groups is 1. The molecule has 1 saturated heterocycles. The minimum Gasteiger partial charge on any atom is -0.376 e. The number of aryl methyl sites for hydroxylation is 1. The van der Waals surface area contributed by atoms with Gasteiger partial charge in [0.15, 0.2) is 5.69 Å². The minimum atomic E-state index is -0.0161. The molecule has 0 radical (unpaired) electrons. The summed E-state index contributed by atoms with van der Waals surface area (Å²) in [5.41, 5.74) is 1.51. The average Bonchev–Trinajstić information content (AvgIpc) is 3.17. The lowest BCUT2D eigenvalue weighted by molar-refractivity contribution is -0.102. The van der Waals surface area contributed by atoms with Crippen LogP contribution in [0.3, 0.4) is 0 Å². The minimum absolute atomic E-state index is 0.00208. The Morgan fingerprint density at radius 1 is 1.38 bits per heavy atom. The number of para-hydroxylation sites is 1. The summed E-state index contributed by atoms with van der Waals surface area (Å²) in [7, 11) is 1.88. The molecule has 0 bridgehead atoms. The van der Waals surface area contributed by atoms with Gasteiger partial charge in [-0.2, -0.15) is 5.10 Å². The summed E-state index contributed by atoms with van der Waals surface area (Å²) in [6, 6.07) is 7.95. The van der Waals surface area contributed by atoms with Crippen LogP contribution < -0.4 is 0 Å². The fourth-order valence-electron chi connectivity index (χ4n) is 4.07. The van der Waals surface area contributed by atoms with E-state index in [2.05, 4.69) is 5.10 Å². The summed E-state index contributed by atoms with van der Waals surface area (Å²) in [6.07, 6.45) is 1.94. The first-order valence-electron chi connectivity index (χ1n) is 8.66. The molecule has 1 amide bonds. The van der Waals surface area contributed by atoms with Crippen molar-refractivity contribution in [1.82, 2.24) is 14.7 Å². The molecule has 4 rings (SSSR count). The van der Waals surface area contributed by atoms with Crippen molar-refractivity contribution in [3.63, 3.8) is 0 Å². The van der Waals surface area contributed by atoms with Gasteiger partial charge in [0.05, 0.1) is 24.3 Å². The number of benzene rings is 1. The first-order valence-corrected chi connectivity index (χ1v) is 8.66. The highest BCUT2D eigenvalue weighted by Gasteiger charge is 2.45. The van der Waals surface area contributed by atoms with Gasteiger partial charge in [0.25, 0.3) is 5.91 Å². The van der Waals surface area contributed by atoms with E-state index in [1.165, 1.54) is 0 Å². The van der Waals surface area contributed by atoms with E-state index in [9.17, 15) is 4.79 Å². The Morgan fingerprint density at radius 2 is 2.21 bits per heavy atom. The Labute approximate surface area is 141 Å². The van der Waals surface area contributed by atoms with E-state index in [1.54, 1.807) is 4.68 Å². The van der Waals surface area contributed by atoms with Crippen molar-refractivity contribution in [2.75, 3.05) is 19.8 Å². The molecular formula is C18H23N3O3. The van der Waals surface area contributed by atoms with E-state index >= 15 is 0 Å². The molecule has 1 aromatic heterocycles. The second-order valence-electron chi connectivity index (χ2n) is 6.46. The van der Waals surface area contributed by atoms with Crippen molar-refractivity contribution in [2.45, 2.75) is 38.0 Å². The maximum Gasteiger partial charge on any atom is 0.275 e. The highest BCUT2D eigenvalue weighted by atomic mass is 16.5. The van der Waals surface area contributed by atoms with Gasteiger partial charge in [-0.05, 0) is 25.8 Å². The first kappa shape index (κ1) is 15.6. The maximum atomic E-state index is 13.2. The molecule has 6 nitrogen and oxygen atoms in total. The molecule has 2 heterocycles. The van der Waals surface area contributed by atoms with E-state index in [1.807, 2.05) is 43.1 Å². The molecule has 0 N–H and O–H groups in total. The van der Waals surface area contributed by atoms with Crippen LogP contribution in [-0.2, 0) is 16.5 Å². The third-order valence-electron chi connectivity index (χ3n) is 5.14. The van der Waals surface area contributed by atoms with Crippen molar-refractivity contribution >= 4 is 16.8 Å². The van der Waals surface area contributed by atoms with E-state index < -0.39 is 0 Å². The third-order valence-corrected chi connectivity index (χ3v) is 5.14. The summed E-state index contributed by atoms with van der Waals surface area (Å²) in [5, 5.41) is 5.40. The molecule has 0 spiro atoms. The van der Waals surface area contributed by atoms with Gasteiger partial charge in [-0.3, -0.25) is 9.48 Å². The number of morpholine rings is 1. The van der Waals surface area contributed by atoms with E-state index in [0.29, 0.717) is 25.5 Å². The van der Waals surface area contributed by atoms with Crippen molar-refractivity contribution in [1.29, 1.82) is 0 Å². The van der Waals surface area contributed by atoms with Gasteiger partial charge in [0.1, 0.15) is 6.10 Å². The lowest BCUT2D eigenvalue weighted by atomic mass is 10.1. The van der Waals surface area contributed by atoms with E-state index in [0.717, 1.165) is 23.7 Å². The Hall–Kier alpha value is -1.92. The van der Waals surface area contributed by atoms with E-state index in [4.69, 9.17) is 9.47 Å². The number of aromatic nitrogens is 2. The van der Waals surface area contributed by atoms with E-state index in [-0.39, 0.29) is 24.2 Å². The Bertz CT molecular complexity index is 757. The SMILES string of the molecule is CCO[C@H]1CC[C@@H]2[C@@H]1OCCN2C(=O)c1nn(C)c2ccccc12. The lowest BCUT2D eigenvalue weighted by Gasteiger charge is -2.38. The predicted molar refractivity (Wildman–Crippen MR) is 89.9 cm³/mol. The highest BCUT2D eigenvalue weighted by Crippen LogP contribution is 2.33. The summed E-state index contributed by atoms with van der Waals surface area (Å²) >= 11 is 0. The van der Waals surface area contributed by atoms with Crippen LogP contribution in [0.2, 0.25) is 0 Å². The number of ether oxygens (including phenoxy) is 2. The molecule has 1 saturated carbocycles. The van der Waals surface area contributed by atoms with Crippen molar-refractivity contribution in [3.05, 3.63) is 30.0 Å². The van der Waals surface area contributed by atoms with Crippen LogP contribution in [0.4, 0.5) is 0 Å². The second-order valence-corrected chi connectivity index (χ2v) is 6.46. The van der Waals surface area contributed by atoms with Crippen molar-refractivity contribution < 1.29 is 14.3 Å². The molecule has 1 aliphatic carbocycles. The molecule has 2 aromatic rings. The largest absolute Gasteiger partial charge is 0.376 e. The van der Waals surface area contributed by atoms with Crippen LogP contribution in [-0.4, -0.2) is 58.6 Å². The van der Waals surface area contributed by atoms with Crippen LogP contribution in [0.25, 0.3) is 10.9 Å². The van der Waals surface area contributed by atoms with Crippen LogP contribution in [0.5, 0.6) is 0 Å². The fraction of sp³-hybridized carbons (Fsp3) is 0.556. The van der Waals surface area contributed by atoms with Crippen molar-refractivity contribution in [3.8, 4) is 0 Å². The smallest absolute Gasteiger partial charge is 0.275 e. The molecule has 6 heteroatoms. The number of carbonyl (C=O) groups excluding carboxylic acids is 1. The molecule has 0 unspecified atom stereocenters. The second kappa shape index (κ2) is 6.18. The van der Waals surface area contributed by atoms with Crippen molar-refractivity contribution in [2.24, 2.45) is 7.05 Å². The highest BCUT2D eigenvalue weighted by molar-refractivity contribution is 6.05. The Balaban J connectivity index is 1.64. The number of fused-ring (bicyclic) bond motifs is 2. The maximum absolute atomic E-state index is 13.2. The van der Waals surface area contributed by atoms with Gasteiger partial charge in [-0.1, -0.05) is 18.2 Å². The van der Waals surface area contributed by atoms with Crippen LogP contribution in [0, 0.1) is 0 Å². The number of amides is 1. The molecule has 128 valence electrons. The molecule has 2 aliphatic rings. The molecular weight excluding hydrogens is 306 g/mol. The number of hydrogen-bond acceptors (Lipinski definition) is 4. The summed E-state index contributed by atoms with van der Waals surface area (Å²) in [5.74, 6) is 0.00208. The van der Waals surface area contributed by atoms with Crippen LogP contribution >= 0.6 is 0 Å². The zero-order valence-corrected chi connectivity index (χ0v) is 14.1. The molecule has 2 fully saturated rings. The third kappa shape index (κ3) is 2.41. The van der Waals surface area contributed by atoms with Gasteiger partial charge >= 0.3 is 0 Å². The molecule has 1 aliphatic heterocycles. The van der Waals surface area contributed by atoms with Crippen LogP contribution in [0.1, 0.15) is 30.3 Å². The standard InChI is InChI=1S/C18H23N3O3/c1-3-23-15-9-8-14-17(15)24-11-10-21(14)18(22)16-12-6-4-5-7-13(12)20(2)19-16/h4-7,14-15,17H,3,8-11H2,1-2H3/t14-,15+,17+/m1/s1. The summed E-state index contributed by atoms with van der Waals surface area (Å²) in [6.45, 7) is 3.85. The zero-order valence-electron chi connectivity index (χ0n) is 14.1. The van der Waals surface area contributed by atoms with Gasteiger partial charge in [-0.25, -0.2) is 0 Å². The van der Waals surface area contributed by atoms with Gasteiger partial charge in [0.2, 0.25) is 0 Å². The monoisotopic (exact) mass is 329 g/mol. The zero-order chi connectivity index (χ0) is 16.7. The van der Waals surface area contributed by atoms with Gasteiger partial charge < -0.3 is 14.4 Å². The summed E-state index contributed by atoms with van der Waals surface area (Å²) in [4.78, 5) is 15.1. The number of nitrogens with zero attached hydrogens (tertiary/aromatic N) is 3. The quantitative estimate of drug-likeness (QED) is 0.864. The van der Waals surface area contributed by atoms with Crippen LogP contribution in [0.15, 0.2) is 24.3 Å². The van der Waals surface area contributed by atoms with Gasteiger partial charge in [-0.15, -0.1) is 0 Å². The lowest BCUT2D eigenvalue weighted by Crippen LogP contribution is -2.54. The molecule has 1 aromatic carbocycles. The number of rotatable bonds is 3. The normalized spacial score (nSPS) is 26.8. The first-order chi connectivity index (χ1) is 11.7. The Morgan fingerprint density at radius 3 is 3.04 bits per heavy atom. The topological polar surface area (TPSA) is 56.6 Å². The predicted octanol–water partition coefficient (Wildman–Crippen LogP) is 1.98. The average molecular weight is 329 g/mol. The summed E-state index contributed by atoms with van der Waals surface area (Å²) < 4.78 is 13.5. The number of hydrogen-bond donors (Lipinski definition) is 0.